The Morgan fingerprint density at radius 3 is 1.83 bits per heavy atom. The van der Waals surface area contributed by atoms with Gasteiger partial charge in [-0.15, -0.1) is 0 Å². The van der Waals surface area contributed by atoms with Gasteiger partial charge in [0.2, 0.25) is 28.7 Å². The van der Waals surface area contributed by atoms with Gasteiger partial charge in [-0.1, -0.05) is 70.6 Å². The Kier molecular flexibility index (Phi) is 26.9. The standard InChI is InChI=1S/C43H75N5O15S/c1-26(38(55)48-30(40(57)60-8)23-24-32(44)52)46-39(56)27(2)61-36-34(54)35(62-43(59,64-29(4)50)37(36)47-28(3)49)33(53)31(51)22-20-18-16-14-12-10-9-11-13-15-17-19-21-25-45-41(58)63-42(5,6)7/h26-27,30,33-37,53-54,59H,9-25H2,1-8H3,(H2,44,52)(H,45,58)(H,46,56)(H,47,49)(H,48,55)/t26-,27+,30+,33?,34+,35+,36-,37+,43?/m0/s1. The summed E-state index contributed by atoms with van der Waals surface area (Å²) in [7, 11) is 1.08. The zero-order valence-electron chi connectivity index (χ0n) is 38.9. The van der Waals surface area contributed by atoms with E-state index < -0.39 is 99.9 Å². The minimum atomic E-state index is -2.69. The third-order valence-electron chi connectivity index (χ3n) is 10.2. The number of ether oxygens (including phenoxy) is 4. The number of nitrogens with two attached hydrogens (primary N) is 1. The van der Waals surface area contributed by atoms with E-state index in [0.717, 1.165) is 91.6 Å². The maximum atomic E-state index is 13.3. The summed E-state index contributed by atoms with van der Waals surface area (Å²) in [5, 5.41) is 40.8. The van der Waals surface area contributed by atoms with Gasteiger partial charge in [0.15, 0.2) is 10.9 Å². The summed E-state index contributed by atoms with van der Waals surface area (Å²) in [6, 6.07) is -4.26. The quantitative estimate of drug-likeness (QED) is 0.0291. The first-order valence-corrected chi connectivity index (χ1v) is 23.1. The molecule has 0 aliphatic carbocycles. The number of amides is 5. The second-order valence-corrected chi connectivity index (χ2v) is 18.6. The third-order valence-corrected chi connectivity index (χ3v) is 11.2. The Labute approximate surface area is 381 Å². The number of nitrogens with one attached hydrogen (secondary N) is 4. The van der Waals surface area contributed by atoms with Crippen LogP contribution in [0.15, 0.2) is 0 Å². The van der Waals surface area contributed by atoms with E-state index in [-0.39, 0.29) is 37.1 Å². The van der Waals surface area contributed by atoms with Crippen molar-refractivity contribution in [3.8, 4) is 0 Å². The summed E-state index contributed by atoms with van der Waals surface area (Å²) in [5.74, 6) is -4.80. The zero-order valence-corrected chi connectivity index (χ0v) is 39.7. The smallest absolute Gasteiger partial charge is 0.407 e. The molecule has 368 valence electrons. The van der Waals surface area contributed by atoms with Gasteiger partial charge < -0.3 is 61.3 Å². The van der Waals surface area contributed by atoms with Crippen LogP contribution in [0.2, 0.25) is 0 Å². The number of aliphatic hydroxyl groups excluding tert-OH is 2. The van der Waals surface area contributed by atoms with Gasteiger partial charge in [0, 0.05) is 33.2 Å². The number of Topliss-reactive ketones (excluding diaryl/α,β-unsaturated/α-hetero) is 1. The molecular formula is C43H75N5O15S. The number of methoxy groups -OCH3 is 1. The highest BCUT2D eigenvalue weighted by Crippen LogP contribution is 2.40. The molecule has 9 N–H and O–H groups in total. The van der Waals surface area contributed by atoms with Crippen molar-refractivity contribution in [2.24, 2.45) is 5.73 Å². The maximum Gasteiger partial charge on any atom is 0.407 e. The number of unbranched alkanes of at least 4 members (excludes halogenated alkanes) is 12. The first-order chi connectivity index (χ1) is 29.9. The molecule has 5 amide bonds. The van der Waals surface area contributed by atoms with E-state index in [1.165, 1.54) is 13.8 Å². The van der Waals surface area contributed by atoms with Gasteiger partial charge in [0.05, 0.1) is 7.11 Å². The van der Waals surface area contributed by atoms with Crippen molar-refractivity contribution in [3.05, 3.63) is 0 Å². The van der Waals surface area contributed by atoms with E-state index in [1.807, 2.05) is 20.8 Å². The molecule has 1 heterocycles. The van der Waals surface area contributed by atoms with Crippen molar-refractivity contribution in [3.63, 3.8) is 0 Å². The molecule has 0 spiro atoms. The van der Waals surface area contributed by atoms with Crippen LogP contribution in [0.3, 0.4) is 0 Å². The molecule has 1 saturated heterocycles. The van der Waals surface area contributed by atoms with Crippen molar-refractivity contribution in [2.75, 3.05) is 13.7 Å². The summed E-state index contributed by atoms with van der Waals surface area (Å²) < 4.78 is 21.4. The SMILES string of the molecule is COC(=O)[C@@H](CCC(N)=O)NC(=O)[C@H](C)NC(=O)[C@@H](C)O[C@H]1[C@H](O)[C@@H](C(O)C(=O)CCCCCCCCCCCCCCCNC(=O)OC(C)(C)C)OC(O)(SC(C)=O)[C@@H]1NC(C)=O. The van der Waals surface area contributed by atoms with Gasteiger partial charge in [0.25, 0.3) is 0 Å². The average Bonchev–Trinajstić information content (AvgIpc) is 3.19. The number of hydrogen-bond acceptors (Lipinski definition) is 16. The maximum absolute atomic E-state index is 13.3. The van der Waals surface area contributed by atoms with Crippen LogP contribution in [0.1, 0.15) is 151 Å². The van der Waals surface area contributed by atoms with Gasteiger partial charge >= 0.3 is 12.1 Å². The highest BCUT2D eigenvalue weighted by molar-refractivity contribution is 8.14. The van der Waals surface area contributed by atoms with Crippen molar-refractivity contribution >= 4 is 58.4 Å². The molecule has 64 heavy (non-hydrogen) atoms. The lowest BCUT2D eigenvalue weighted by molar-refractivity contribution is -0.291. The van der Waals surface area contributed by atoms with Crippen LogP contribution in [0.5, 0.6) is 0 Å². The molecule has 0 aromatic carbocycles. The fraction of sp³-hybridized carbons (Fsp3) is 0.814. The number of ketones is 1. The summed E-state index contributed by atoms with van der Waals surface area (Å²) >= 11 is 0.204. The number of carbonyl (C=O) groups excluding carboxylic acids is 8. The van der Waals surface area contributed by atoms with Gasteiger partial charge in [-0.2, -0.15) is 0 Å². The molecule has 0 aromatic rings. The molecule has 0 saturated carbocycles. The van der Waals surface area contributed by atoms with E-state index in [2.05, 4.69) is 26.0 Å². The fourth-order valence-corrected chi connectivity index (χ4v) is 7.79. The number of thioether (sulfide) groups is 1. The van der Waals surface area contributed by atoms with Crippen LogP contribution >= 0.6 is 11.8 Å². The number of alkyl carbamates (subject to hydrolysis) is 1. The van der Waals surface area contributed by atoms with Gasteiger partial charge in [0.1, 0.15) is 54.2 Å². The largest absolute Gasteiger partial charge is 0.467 e. The lowest BCUT2D eigenvalue weighted by Crippen LogP contribution is -2.72. The fourth-order valence-electron chi connectivity index (χ4n) is 6.90. The molecule has 0 aromatic heterocycles. The molecule has 0 radical (unpaired) electrons. The second-order valence-electron chi connectivity index (χ2n) is 17.2. The van der Waals surface area contributed by atoms with Crippen LogP contribution < -0.4 is 27.0 Å². The zero-order chi connectivity index (χ0) is 48.6. The van der Waals surface area contributed by atoms with Crippen molar-refractivity contribution in [2.45, 2.75) is 211 Å². The van der Waals surface area contributed by atoms with E-state index in [4.69, 9.17) is 19.9 Å². The van der Waals surface area contributed by atoms with Crippen LogP contribution in [-0.2, 0) is 52.5 Å². The topological polar surface area (TPSA) is 308 Å². The van der Waals surface area contributed by atoms with Crippen molar-refractivity contribution < 1.29 is 72.6 Å². The Balaban J connectivity index is 2.73. The minimum absolute atomic E-state index is 0.0815. The molecule has 21 heteroatoms. The molecule has 1 fully saturated rings. The lowest BCUT2D eigenvalue weighted by Gasteiger charge is -2.49. The van der Waals surface area contributed by atoms with Gasteiger partial charge in [-0.05, 0) is 65.6 Å². The van der Waals surface area contributed by atoms with E-state index in [1.54, 1.807) is 0 Å². The van der Waals surface area contributed by atoms with E-state index in [0.29, 0.717) is 19.4 Å². The lowest BCUT2D eigenvalue weighted by atomic mass is 9.90. The molecule has 1 rings (SSSR count). The van der Waals surface area contributed by atoms with Gasteiger partial charge in [-0.25, -0.2) is 9.59 Å². The molecule has 2 unspecified atom stereocenters. The highest BCUT2D eigenvalue weighted by atomic mass is 32.2. The molecular weight excluding hydrogens is 859 g/mol. The number of rotatable bonds is 30. The second kappa shape index (κ2) is 29.6. The van der Waals surface area contributed by atoms with Gasteiger partial charge in [-0.3, -0.25) is 28.8 Å². The van der Waals surface area contributed by atoms with Crippen molar-refractivity contribution in [1.82, 2.24) is 21.3 Å². The molecule has 1 aliphatic heterocycles. The number of hydrogen-bond donors (Lipinski definition) is 8. The Hall–Kier alpha value is -3.89. The van der Waals surface area contributed by atoms with Crippen molar-refractivity contribution in [1.29, 1.82) is 0 Å². The number of esters is 1. The molecule has 1 aliphatic rings. The Morgan fingerprint density at radius 2 is 1.34 bits per heavy atom. The van der Waals surface area contributed by atoms with Crippen LogP contribution in [0.4, 0.5) is 4.79 Å². The monoisotopic (exact) mass is 933 g/mol. The molecule has 20 nitrogen and oxygen atoms in total. The third kappa shape index (κ3) is 22.8. The predicted molar refractivity (Wildman–Crippen MR) is 236 cm³/mol. The number of carbonyl (C=O) groups is 8. The van der Waals surface area contributed by atoms with Crippen LogP contribution in [0, 0.1) is 0 Å². The van der Waals surface area contributed by atoms with Crippen LogP contribution in [-0.4, -0.2) is 135 Å². The van der Waals surface area contributed by atoms with E-state index >= 15 is 0 Å². The number of aliphatic hydroxyl groups is 3. The Morgan fingerprint density at radius 1 is 0.812 bits per heavy atom. The minimum Gasteiger partial charge on any atom is -0.467 e. The summed E-state index contributed by atoms with van der Waals surface area (Å²) in [6.45, 7) is 10.8. The average molecular weight is 934 g/mol. The molecule has 9 atom stereocenters. The highest BCUT2D eigenvalue weighted by Gasteiger charge is 2.59. The molecule has 0 bridgehead atoms. The predicted octanol–water partition coefficient (Wildman–Crippen LogP) is 2.29. The summed E-state index contributed by atoms with van der Waals surface area (Å²) in [5.41, 5.74) is 4.65. The summed E-state index contributed by atoms with van der Waals surface area (Å²) in [4.78, 5) is 99.1. The first kappa shape index (κ1) is 58.1. The first-order valence-electron chi connectivity index (χ1n) is 22.3. The Bertz CT molecular complexity index is 1530. The number of primary amides is 1. The van der Waals surface area contributed by atoms with Crippen LogP contribution in [0.25, 0.3) is 0 Å². The van der Waals surface area contributed by atoms with E-state index in [9.17, 15) is 53.7 Å². The normalized spacial score (nSPS) is 21.6. The summed E-state index contributed by atoms with van der Waals surface area (Å²) in [6.07, 6.45) is 2.83.